The summed E-state index contributed by atoms with van der Waals surface area (Å²) in [5.74, 6) is -1.52. The van der Waals surface area contributed by atoms with Gasteiger partial charge < -0.3 is 25.4 Å². The van der Waals surface area contributed by atoms with E-state index in [0.29, 0.717) is 35.2 Å². The largest absolute Gasteiger partial charge is 0.359 e. The van der Waals surface area contributed by atoms with Gasteiger partial charge in [-0.05, 0) is 39.0 Å². The summed E-state index contributed by atoms with van der Waals surface area (Å²) in [4.78, 5) is 57.4. The number of rotatable bonds is 6. The number of aromatic nitrogens is 1. The second-order valence-electron chi connectivity index (χ2n) is 9.86. The smallest absolute Gasteiger partial charge is 0.295 e. The molecule has 1 aliphatic heterocycles. The Morgan fingerprint density at radius 2 is 1.56 bits per heavy atom. The molecular weight excluding hydrogens is 458 g/mol. The minimum Gasteiger partial charge on any atom is -0.359 e. The van der Waals surface area contributed by atoms with E-state index in [9.17, 15) is 19.2 Å². The Morgan fingerprint density at radius 3 is 2.22 bits per heavy atom. The summed E-state index contributed by atoms with van der Waals surface area (Å²) in [7, 11) is 0. The topological polar surface area (TPSA) is 115 Å². The van der Waals surface area contributed by atoms with Crippen LogP contribution in [-0.4, -0.2) is 76.6 Å². The second kappa shape index (κ2) is 10.3. The summed E-state index contributed by atoms with van der Waals surface area (Å²) in [5.41, 5.74) is 1.77. The molecule has 1 aromatic heterocycles. The number of hydrogen-bond acceptors (Lipinski definition) is 5. The Bertz CT molecular complexity index is 1280. The summed E-state index contributed by atoms with van der Waals surface area (Å²) in [6.45, 7) is 7.36. The fourth-order valence-electron chi connectivity index (χ4n) is 4.12. The minimum atomic E-state index is -0.623. The van der Waals surface area contributed by atoms with Gasteiger partial charge in [0.2, 0.25) is 5.91 Å². The van der Waals surface area contributed by atoms with Crippen LogP contribution in [0, 0.1) is 0 Å². The molecule has 0 atom stereocenters. The molecule has 0 radical (unpaired) electrons. The monoisotopic (exact) mass is 489 g/mol. The molecule has 0 aliphatic carbocycles. The molecule has 0 spiro atoms. The molecule has 3 N–H and O–H groups in total. The molecule has 2 heterocycles. The lowest BCUT2D eigenvalue weighted by molar-refractivity contribution is -0.127. The number of piperazine rings is 1. The lowest BCUT2D eigenvalue weighted by Crippen LogP contribution is -2.52. The second-order valence-corrected chi connectivity index (χ2v) is 9.86. The van der Waals surface area contributed by atoms with E-state index >= 15 is 0 Å². The Kier molecular flexibility index (Phi) is 7.21. The Labute approximate surface area is 209 Å². The van der Waals surface area contributed by atoms with Gasteiger partial charge in [0.25, 0.3) is 17.6 Å². The first-order valence-electron chi connectivity index (χ1n) is 12.0. The zero-order valence-electron chi connectivity index (χ0n) is 20.8. The number of nitrogens with one attached hydrogen (secondary N) is 3. The average Bonchev–Trinajstić information content (AvgIpc) is 3.31. The van der Waals surface area contributed by atoms with Crippen molar-refractivity contribution in [2.75, 3.05) is 38.0 Å². The molecule has 1 fully saturated rings. The Balaban J connectivity index is 1.41. The number of amides is 3. The van der Waals surface area contributed by atoms with E-state index in [1.165, 1.54) is 11.1 Å². The van der Waals surface area contributed by atoms with Crippen LogP contribution in [0.15, 0.2) is 54.7 Å². The fraction of sp³-hybridized carbons (Fsp3) is 0.333. The zero-order chi connectivity index (χ0) is 25.9. The van der Waals surface area contributed by atoms with Gasteiger partial charge in [-0.15, -0.1) is 0 Å². The van der Waals surface area contributed by atoms with E-state index in [0.717, 1.165) is 0 Å². The molecule has 9 nitrogen and oxygen atoms in total. The van der Waals surface area contributed by atoms with Gasteiger partial charge in [0, 0.05) is 48.9 Å². The summed E-state index contributed by atoms with van der Waals surface area (Å²) >= 11 is 0. The van der Waals surface area contributed by atoms with Gasteiger partial charge in [0.15, 0.2) is 0 Å². The van der Waals surface area contributed by atoms with Gasteiger partial charge in [-0.25, -0.2) is 0 Å². The Morgan fingerprint density at radius 1 is 0.889 bits per heavy atom. The summed E-state index contributed by atoms with van der Waals surface area (Å²) in [6, 6.07) is 14.2. The molecule has 0 saturated carbocycles. The van der Waals surface area contributed by atoms with Gasteiger partial charge in [0.05, 0.1) is 23.3 Å². The summed E-state index contributed by atoms with van der Waals surface area (Å²) in [6.07, 6.45) is 1.50. The Hall–Kier alpha value is -3.98. The molecule has 3 amide bonds. The zero-order valence-corrected chi connectivity index (χ0v) is 20.8. The number of Topliss-reactive ketones (excluding diaryl/α,β-unsaturated/α-hetero) is 1. The average molecular weight is 490 g/mol. The van der Waals surface area contributed by atoms with Crippen LogP contribution in [-0.2, 0) is 9.59 Å². The molecule has 4 rings (SSSR count). The van der Waals surface area contributed by atoms with Gasteiger partial charge >= 0.3 is 0 Å². The molecule has 9 heteroatoms. The minimum absolute atomic E-state index is 0.0852. The normalized spacial score (nSPS) is 14.1. The number of anilines is 1. The lowest BCUT2D eigenvalue weighted by atomic mass is 10.1. The third-order valence-corrected chi connectivity index (χ3v) is 6.08. The number of H-pyrrole nitrogens is 1. The first-order chi connectivity index (χ1) is 17.1. The molecular formula is C27H31N5O4. The number of benzene rings is 2. The van der Waals surface area contributed by atoms with Crippen molar-refractivity contribution in [3.8, 4) is 0 Å². The van der Waals surface area contributed by atoms with Crippen molar-refractivity contribution in [1.82, 2.24) is 20.1 Å². The van der Waals surface area contributed by atoms with Crippen LogP contribution in [0.5, 0.6) is 0 Å². The highest BCUT2D eigenvalue weighted by Gasteiger charge is 2.30. The van der Waals surface area contributed by atoms with Crippen LogP contribution < -0.4 is 10.6 Å². The van der Waals surface area contributed by atoms with E-state index in [1.54, 1.807) is 35.2 Å². The quantitative estimate of drug-likeness (QED) is 0.364. The van der Waals surface area contributed by atoms with Crippen molar-refractivity contribution in [1.29, 1.82) is 0 Å². The van der Waals surface area contributed by atoms with Gasteiger partial charge in [-0.1, -0.05) is 30.3 Å². The molecule has 1 aliphatic rings. The van der Waals surface area contributed by atoms with Crippen LogP contribution >= 0.6 is 0 Å². The van der Waals surface area contributed by atoms with Crippen LogP contribution in [0.2, 0.25) is 0 Å². The maximum Gasteiger partial charge on any atom is 0.295 e. The first kappa shape index (κ1) is 25.1. The molecule has 3 aromatic rings. The molecule has 188 valence electrons. The number of fused-ring (bicyclic) bond motifs is 1. The number of nitrogens with zero attached hydrogens (tertiary/aromatic N) is 2. The molecule has 2 aromatic carbocycles. The van der Waals surface area contributed by atoms with E-state index in [2.05, 4.69) is 15.6 Å². The number of aromatic amines is 1. The maximum absolute atomic E-state index is 13.1. The highest BCUT2D eigenvalue weighted by molar-refractivity contribution is 6.45. The molecule has 1 saturated heterocycles. The van der Waals surface area contributed by atoms with Crippen LogP contribution in [0.25, 0.3) is 10.9 Å². The molecule has 0 bridgehead atoms. The van der Waals surface area contributed by atoms with Crippen molar-refractivity contribution >= 4 is 40.1 Å². The van der Waals surface area contributed by atoms with E-state index in [4.69, 9.17) is 0 Å². The van der Waals surface area contributed by atoms with Gasteiger partial charge in [0.1, 0.15) is 0 Å². The fourth-order valence-corrected chi connectivity index (χ4v) is 4.12. The van der Waals surface area contributed by atoms with Crippen molar-refractivity contribution < 1.29 is 19.2 Å². The van der Waals surface area contributed by atoms with Crippen LogP contribution in [0.3, 0.4) is 0 Å². The van der Waals surface area contributed by atoms with Crippen molar-refractivity contribution in [2.24, 2.45) is 0 Å². The SMILES string of the molecule is CC(C)(C)NCC(=O)Nc1cccc2c(C(=O)C(=O)N3CCN(C(=O)c4ccccc4)CC3)c[nH]c12. The van der Waals surface area contributed by atoms with Crippen molar-refractivity contribution in [2.45, 2.75) is 26.3 Å². The number of para-hydroxylation sites is 1. The standard InChI is InChI=1S/C27H31N5O4/c1-27(2,3)29-17-22(33)30-21-11-7-10-19-20(16-28-23(19)21)24(34)26(36)32-14-12-31(13-15-32)25(35)18-8-5-4-6-9-18/h4-11,16,28-29H,12-15,17H2,1-3H3,(H,30,33). The molecule has 0 unspecified atom stereocenters. The van der Waals surface area contributed by atoms with Crippen LogP contribution in [0.1, 0.15) is 41.5 Å². The van der Waals surface area contributed by atoms with E-state index < -0.39 is 11.7 Å². The van der Waals surface area contributed by atoms with E-state index in [1.807, 2.05) is 39.0 Å². The van der Waals surface area contributed by atoms with Gasteiger partial charge in [-0.2, -0.15) is 0 Å². The first-order valence-corrected chi connectivity index (χ1v) is 12.0. The number of carbonyl (C=O) groups excluding carboxylic acids is 4. The highest BCUT2D eigenvalue weighted by atomic mass is 16.2. The summed E-state index contributed by atoms with van der Waals surface area (Å²) in [5, 5.41) is 6.55. The van der Waals surface area contributed by atoms with E-state index in [-0.39, 0.29) is 42.6 Å². The lowest BCUT2D eigenvalue weighted by Gasteiger charge is -2.34. The number of ketones is 1. The van der Waals surface area contributed by atoms with Crippen molar-refractivity contribution in [3.63, 3.8) is 0 Å². The predicted molar refractivity (Wildman–Crippen MR) is 138 cm³/mol. The summed E-state index contributed by atoms with van der Waals surface area (Å²) < 4.78 is 0. The predicted octanol–water partition coefficient (Wildman–Crippen LogP) is 2.66. The van der Waals surface area contributed by atoms with Crippen LogP contribution in [0.4, 0.5) is 5.69 Å². The third kappa shape index (κ3) is 5.63. The van der Waals surface area contributed by atoms with Crippen molar-refractivity contribution in [3.05, 3.63) is 65.9 Å². The molecule has 36 heavy (non-hydrogen) atoms. The number of carbonyl (C=O) groups is 4. The maximum atomic E-state index is 13.1. The highest BCUT2D eigenvalue weighted by Crippen LogP contribution is 2.26. The third-order valence-electron chi connectivity index (χ3n) is 6.08. The number of hydrogen-bond donors (Lipinski definition) is 3. The van der Waals surface area contributed by atoms with Gasteiger partial charge in [-0.3, -0.25) is 19.2 Å².